The molecule has 3 N–H and O–H groups in total. The summed E-state index contributed by atoms with van der Waals surface area (Å²) in [6.45, 7) is 0. The summed E-state index contributed by atoms with van der Waals surface area (Å²) in [5, 5.41) is 9.81. The summed E-state index contributed by atoms with van der Waals surface area (Å²) in [5.41, 5.74) is 6.34. The molecule has 1 heterocycles. The molecule has 0 spiro atoms. The van der Waals surface area contributed by atoms with Crippen molar-refractivity contribution >= 4 is 33.0 Å². The molecule has 0 amide bonds. The van der Waals surface area contributed by atoms with E-state index in [4.69, 9.17) is 5.73 Å². The monoisotopic (exact) mass is 194 g/mol. The van der Waals surface area contributed by atoms with Gasteiger partial charge in [-0.3, -0.25) is 4.79 Å². The molecule has 66 valence electrons. The van der Waals surface area contributed by atoms with E-state index in [0.29, 0.717) is 22.5 Å². The first kappa shape index (κ1) is 8.00. The first-order valence-electron chi connectivity index (χ1n) is 3.55. The molecule has 0 saturated heterocycles. The van der Waals surface area contributed by atoms with E-state index < -0.39 is 0 Å². The number of aromatic hydroxyl groups is 1. The third kappa shape index (κ3) is 1.23. The van der Waals surface area contributed by atoms with Crippen molar-refractivity contribution in [3.63, 3.8) is 0 Å². The average Bonchev–Trinajstić information content (AvgIpc) is 2.46. The summed E-state index contributed by atoms with van der Waals surface area (Å²) in [7, 11) is 0. The summed E-state index contributed by atoms with van der Waals surface area (Å²) < 4.78 is 0.722. The van der Waals surface area contributed by atoms with E-state index in [-0.39, 0.29) is 5.75 Å². The molecule has 0 fully saturated rings. The van der Waals surface area contributed by atoms with Crippen molar-refractivity contribution in [2.45, 2.75) is 0 Å². The van der Waals surface area contributed by atoms with E-state index in [1.807, 2.05) is 0 Å². The van der Waals surface area contributed by atoms with Crippen molar-refractivity contribution in [3.05, 3.63) is 17.7 Å². The zero-order chi connectivity index (χ0) is 9.42. The van der Waals surface area contributed by atoms with Crippen molar-refractivity contribution < 1.29 is 9.90 Å². The Bertz CT molecular complexity index is 478. The van der Waals surface area contributed by atoms with Gasteiger partial charge < -0.3 is 10.8 Å². The number of phenols is 1. The van der Waals surface area contributed by atoms with Crippen LogP contribution in [0.1, 0.15) is 10.4 Å². The minimum atomic E-state index is -0.00690. The zero-order valence-electron chi connectivity index (χ0n) is 6.52. The highest BCUT2D eigenvalue weighted by molar-refractivity contribution is 7.22. The number of anilines is 1. The predicted octanol–water partition coefficient (Wildman–Crippen LogP) is 1.40. The number of aromatic nitrogens is 1. The highest BCUT2D eigenvalue weighted by Crippen LogP contribution is 2.31. The number of nitrogen functional groups attached to an aromatic ring is 1. The number of hydrogen-bond acceptors (Lipinski definition) is 5. The van der Waals surface area contributed by atoms with Crippen molar-refractivity contribution in [1.82, 2.24) is 4.98 Å². The van der Waals surface area contributed by atoms with Crippen molar-refractivity contribution in [1.29, 1.82) is 0 Å². The molecule has 0 unspecified atom stereocenters. The number of phenolic OH excluding ortho intramolecular Hbond substituents is 1. The van der Waals surface area contributed by atoms with Gasteiger partial charge in [-0.15, -0.1) is 0 Å². The van der Waals surface area contributed by atoms with Crippen molar-refractivity contribution in [2.24, 2.45) is 0 Å². The maximum absolute atomic E-state index is 10.5. The Morgan fingerprint density at radius 1 is 1.54 bits per heavy atom. The highest BCUT2D eigenvalue weighted by Gasteiger charge is 2.07. The van der Waals surface area contributed by atoms with Gasteiger partial charge in [0, 0.05) is 5.56 Å². The van der Waals surface area contributed by atoms with Crippen LogP contribution in [-0.2, 0) is 0 Å². The summed E-state index contributed by atoms with van der Waals surface area (Å²) in [6, 6.07) is 3.02. The summed E-state index contributed by atoms with van der Waals surface area (Å²) in [6.07, 6.45) is 0.676. The number of carbonyl (C=O) groups excluding carboxylic acids is 1. The Labute approximate surface area is 77.6 Å². The quantitative estimate of drug-likeness (QED) is 0.673. The van der Waals surface area contributed by atoms with Gasteiger partial charge in [0.05, 0.1) is 4.70 Å². The molecule has 0 atom stereocenters. The second-order valence-electron chi connectivity index (χ2n) is 2.56. The normalized spacial score (nSPS) is 10.5. The van der Waals surface area contributed by atoms with Gasteiger partial charge in [-0.1, -0.05) is 11.3 Å². The molecule has 0 radical (unpaired) electrons. The van der Waals surface area contributed by atoms with Crippen LogP contribution in [0.15, 0.2) is 12.1 Å². The molecule has 0 bridgehead atoms. The lowest BCUT2D eigenvalue weighted by atomic mass is 10.2. The first-order chi connectivity index (χ1) is 6.20. The number of fused-ring (bicyclic) bond motifs is 1. The van der Waals surface area contributed by atoms with E-state index in [2.05, 4.69) is 4.98 Å². The van der Waals surface area contributed by atoms with E-state index in [1.165, 1.54) is 17.4 Å². The molecule has 0 aliphatic rings. The molecule has 0 aliphatic carbocycles. The Hall–Kier alpha value is -1.62. The third-order valence-electron chi connectivity index (χ3n) is 1.65. The highest BCUT2D eigenvalue weighted by atomic mass is 32.1. The van der Waals surface area contributed by atoms with E-state index in [1.54, 1.807) is 6.07 Å². The average molecular weight is 194 g/mol. The molecule has 13 heavy (non-hydrogen) atoms. The number of benzene rings is 1. The fraction of sp³-hybridized carbons (Fsp3) is 0. The van der Waals surface area contributed by atoms with Crippen LogP contribution in [0.4, 0.5) is 5.13 Å². The van der Waals surface area contributed by atoms with E-state index in [9.17, 15) is 9.90 Å². The smallest absolute Gasteiger partial charge is 0.181 e. The summed E-state index contributed by atoms with van der Waals surface area (Å²) in [5.74, 6) is -0.00690. The molecule has 0 saturated carbocycles. The minimum Gasteiger partial charge on any atom is -0.506 e. The van der Waals surface area contributed by atoms with Gasteiger partial charge in [0.1, 0.15) is 17.6 Å². The number of hydrogen-bond donors (Lipinski definition) is 2. The van der Waals surface area contributed by atoms with Crippen LogP contribution in [0.2, 0.25) is 0 Å². The Balaban J connectivity index is 2.82. The SMILES string of the molecule is Nc1nc2c(O)cc(C=O)cc2s1. The lowest BCUT2D eigenvalue weighted by Crippen LogP contribution is -1.81. The zero-order valence-corrected chi connectivity index (χ0v) is 7.34. The second-order valence-corrected chi connectivity index (χ2v) is 3.62. The standard InChI is InChI=1S/C8H6N2O2S/c9-8-10-7-5(12)1-4(3-11)2-6(7)13-8/h1-3,12H,(H2,9,10). The van der Waals surface area contributed by atoms with Crippen LogP contribution in [0.3, 0.4) is 0 Å². The lowest BCUT2D eigenvalue weighted by Gasteiger charge is -1.93. The van der Waals surface area contributed by atoms with Crippen LogP contribution >= 0.6 is 11.3 Å². The maximum Gasteiger partial charge on any atom is 0.181 e. The first-order valence-corrected chi connectivity index (χ1v) is 4.36. The topological polar surface area (TPSA) is 76.2 Å². The van der Waals surface area contributed by atoms with Gasteiger partial charge in [-0.25, -0.2) is 4.98 Å². The molecule has 0 aliphatic heterocycles. The number of aldehydes is 1. The molecular formula is C8H6N2O2S. The summed E-state index contributed by atoms with van der Waals surface area (Å²) >= 11 is 1.24. The summed E-state index contributed by atoms with van der Waals surface area (Å²) in [4.78, 5) is 14.4. The molecule has 4 nitrogen and oxygen atoms in total. The van der Waals surface area contributed by atoms with Crippen LogP contribution in [0, 0.1) is 0 Å². The molecule has 5 heteroatoms. The second kappa shape index (κ2) is 2.70. The number of carbonyl (C=O) groups is 1. The van der Waals surface area contributed by atoms with E-state index >= 15 is 0 Å². The third-order valence-corrected chi connectivity index (χ3v) is 2.48. The van der Waals surface area contributed by atoms with Gasteiger partial charge in [0.15, 0.2) is 5.13 Å². The Morgan fingerprint density at radius 2 is 2.31 bits per heavy atom. The van der Waals surface area contributed by atoms with Gasteiger partial charge in [0.2, 0.25) is 0 Å². The maximum atomic E-state index is 10.5. The molecule has 1 aromatic carbocycles. The lowest BCUT2D eigenvalue weighted by molar-refractivity contribution is 0.112. The van der Waals surface area contributed by atoms with Gasteiger partial charge in [0.25, 0.3) is 0 Å². The van der Waals surface area contributed by atoms with Crippen LogP contribution in [0.25, 0.3) is 10.2 Å². The minimum absolute atomic E-state index is 0.00690. The molecule has 1 aromatic heterocycles. The largest absolute Gasteiger partial charge is 0.506 e. The Morgan fingerprint density at radius 3 is 3.00 bits per heavy atom. The fourth-order valence-corrected chi connectivity index (χ4v) is 1.92. The Kier molecular flexibility index (Phi) is 1.66. The number of nitrogens with zero attached hydrogens (tertiary/aromatic N) is 1. The van der Waals surface area contributed by atoms with E-state index in [0.717, 1.165) is 4.70 Å². The van der Waals surface area contributed by atoms with Crippen molar-refractivity contribution in [3.8, 4) is 5.75 Å². The van der Waals surface area contributed by atoms with Gasteiger partial charge in [-0.2, -0.15) is 0 Å². The molecule has 2 aromatic rings. The van der Waals surface area contributed by atoms with Crippen LogP contribution in [-0.4, -0.2) is 16.4 Å². The molecular weight excluding hydrogens is 188 g/mol. The molecule has 2 rings (SSSR count). The number of rotatable bonds is 1. The van der Waals surface area contributed by atoms with Crippen molar-refractivity contribution in [2.75, 3.05) is 5.73 Å². The van der Waals surface area contributed by atoms with Crippen LogP contribution in [0.5, 0.6) is 5.75 Å². The fourth-order valence-electron chi connectivity index (χ4n) is 1.12. The predicted molar refractivity (Wildman–Crippen MR) is 51.1 cm³/mol. The van der Waals surface area contributed by atoms with Crippen LogP contribution < -0.4 is 5.73 Å². The van der Waals surface area contributed by atoms with Gasteiger partial charge >= 0.3 is 0 Å². The number of nitrogens with two attached hydrogens (primary N) is 1. The van der Waals surface area contributed by atoms with Gasteiger partial charge in [-0.05, 0) is 12.1 Å². The number of thiazole rings is 1.